The normalized spacial score (nSPS) is 21.3. The van der Waals surface area contributed by atoms with Gasteiger partial charge in [0.25, 0.3) is 0 Å². The number of ether oxygens (including phenoxy) is 6. The smallest absolute Gasteiger partial charge is 0.303 e. The Morgan fingerprint density at radius 3 is 2.04 bits per heavy atom. The van der Waals surface area contributed by atoms with Crippen LogP contribution < -0.4 is 4.74 Å². The number of carbonyl (C=O) groups is 4. The van der Waals surface area contributed by atoms with Crippen molar-refractivity contribution in [3.63, 3.8) is 0 Å². The number of thioether (sulfide) groups is 1. The lowest BCUT2D eigenvalue weighted by Gasteiger charge is -2.44. The second-order valence-corrected chi connectivity index (χ2v) is 12.9. The first-order chi connectivity index (χ1) is 21.7. The molecule has 13 heteroatoms. The maximum absolute atomic E-state index is 12.3. The van der Waals surface area contributed by atoms with E-state index in [0.717, 1.165) is 23.0 Å². The fourth-order valence-corrected chi connectivity index (χ4v) is 6.27. The van der Waals surface area contributed by atoms with Crippen LogP contribution in [0.1, 0.15) is 54.0 Å². The molecule has 1 saturated heterocycles. The third kappa shape index (κ3) is 9.00. The van der Waals surface area contributed by atoms with E-state index in [1.54, 1.807) is 0 Å². The van der Waals surface area contributed by atoms with Crippen LogP contribution in [0, 0.1) is 0 Å². The number of benzene rings is 2. The molecular formula is C33H40N2O10S. The molecule has 248 valence electrons. The molecule has 2 aromatic carbocycles. The molecule has 0 spiro atoms. The minimum Gasteiger partial charge on any atom is -0.492 e. The van der Waals surface area contributed by atoms with Gasteiger partial charge < -0.3 is 33.0 Å². The number of imidazole rings is 1. The lowest BCUT2D eigenvalue weighted by Crippen LogP contribution is -2.61. The third-order valence-electron chi connectivity index (χ3n) is 7.09. The fraction of sp³-hybridized carbons (Fsp3) is 0.485. The summed E-state index contributed by atoms with van der Waals surface area (Å²) in [5, 5.41) is 0.508. The number of nitrogens with zero attached hydrogens (tertiary/aromatic N) is 2. The summed E-state index contributed by atoms with van der Waals surface area (Å²) in [4.78, 5) is 53.1. The molecule has 3 aromatic rings. The zero-order chi connectivity index (χ0) is 33.6. The topological polar surface area (TPSA) is 141 Å². The molecule has 2 heterocycles. The minimum atomic E-state index is -1.27. The molecule has 1 aromatic heterocycles. The van der Waals surface area contributed by atoms with E-state index in [1.165, 1.54) is 33.3 Å². The van der Waals surface area contributed by atoms with Gasteiger partial charge in [0.15, 0.2) is 28.9 Å². The number of fused-ring (bicyclic) bond motifs is 1. The van der Waals surface area contributed by atoms with Crippen LogP contribution in [0.5, 0.6) is 5.75 Å². The molecule has 5 atom stereocenters. The molecule has 1 fully saturated rings. The van der Waals surface area contributed by atoms with E-state index in [9.17, 15) is 19.2 Å². The molecule has 12 nitrogen and oxygen atoms in total. The first kappa shape index (κ1) is 34.8. The van der Waals surface area contributed by atoms with E-state index in [2.05, 4.69) is 20.8 Å². The maximum atomic E-state index is 12.3. The van der Waals surface area contributed by atoms with Gasteiger partial charge in [-0.25, -0.2) is 4.98 Å². The van der Waals surface area contributed by atoms with Crippen molar-refractivity contribution in [2.75, 3.05) is 13.2 Å². The summed E-state index contributed by atoms with van der Waals surface area (Å²) in [5.41, 5.74) is 1.76. The predicted octanol–water partition coefficient (Wildman–Crippen LogP) is 4.59. The monoisotopic (exact) mass is 656 g/mol. The quantitative estimate of drug-likeness (QED) is 0.211. The second-order valence-electron chi connectivity index (χ2n) is 11.8. The Balaban J connectivity index is 1.65. The highest BCUT2D eigenvalue weighted by atomic mass is 32.2. The number of rotatable bonds is 11. The lowest BCUT2D eigenvalue weighted by atomic mass is 9.87. The van der Waals surface area contributed by atoms with Gasteiger partial charge in [-0.2, -0.15) is 0 Å². The Bertz CT molecular complexity index is 1550. The van der Waals surface area contributed by atoms with Gasteiger partial charge in [-0.15, -0.1) is 0 Å². The average Bonchev–Trinajstić information content (AvgIpc) is 3.31. The fourth-order valence-electron chi connectivity index (χ4n) is 5.05. The molecule has 0 amide bonds. The highest BCUT2D eigenvalue weighted by Crippen LogP contribution is 2.38. The van der Waals surface area contributed by atoms with E-state index < -0.39 is 53.7 Å². The van der Waals surface area contributed by atoms with Gasteiger partial charge in [0.1, 0.15) is 25.1 Å². The highest BCUT2D eigenvalue weighted by molar-refractivity contribution is 7.99. The van der Waals surface area contributed by atoms with Gasteiger partial charge in [-0.05, 0) is 35.2 Å². The summed E-state index contributed by atoms with van der Waals surface area (Å²) >= 11 is 1.13. The number of esters is 4. The van der Waals surface area contributed by atoms with E-state index in [-0.39, 0.29) is 12.0 Å². The second kappa shape index (κ2) is 15.0. The van der Waals surface area contributed by atoms with E-state index in [0.29, 0.717) is 23.8 Å². The number of hydrogen-bond donors (Lipinski definition) is 0. The summed E-state index contributed by atoms with van der Waals surface area (Å²) in [6.45, 7) is 11.7. The summed E-state index contributed by atoms with van der Waals surface area (Å²) in [6, 6.07) is 15.6. The lowest BCUT2D eigenvalue weighted by molar-refractivity contribution is -0.237. The molecule has 4 rings (SSSR count). The van der Waals surface area contributed by atoms with Crippen LogP contribution in [0.15, 0.2) is 53.7 Å². The molecule has 0 aliphatic carbocycles. The largest absolute Gasteiger partial charge is 0.492 e. The molecule has 1 aliphatic rings. The van der Waals surface area contributed by atoms with Gasteiger partial charge in [0, 0.05) is 27.7 Å². The third-order valence-corrected chi connectivity index (χ3v) is 8.23. The zero-order valence-corrected chi connectivity index (χ0v) is 27.8. The van der Waals surface area contributed by atoms with Crippen molar-refractivity contribution in [3.8, 4) is 5.75 Å². The highest BCUT2D eigenvalue weighted by Gasteiger charge is 2.52. The van der Waals surface area contributed by atoms with Crippen LogP contribution in [-0.4, -0.2) is 76.5 Å². The van der Waals surface area contributed by atoms with Crippen LogP contribution in [0.2, 0.25) is 0 Å². The summed E-state index contributed by atoms with van der Waals surface area (Å²) in [7, 11) is 0. The van der Waals surface area contributed by atoms with Crippen LogP contribution in [0.25, 0.3) is 11.0 Å². The van der Waals surface area contributed by atoms with E-state index >= 15 is 0 Å². The van der Waals surface area contributed by atoms with Gasteiger partial charge in [0.05, 0.1) is 17.6 Å². The zero-order valence-electron chi connectivity index (χ0n) is 27.0. The SMILES string of the molecule is CC(=O)OCC1OC(Sc2nc3ccccc3n2CCOc2ccc(C(C)(C)C)cc2)C(OC(C)=O)C(OC(C)=O)C1OC(C)=O. The Kier molecular flexibility index (Phi) is 11.3. The molecule has 46 heavy (non-hydrogen) atoms. The number of para-hydroxylation sites is 2. The molecule has 0 bridgehead atoms. The van der Waals surface area contributed by atoms with Crippen molar-refractivity contribution < 1.29 is 47.6 Å². The van der Waals surface area contributed by atoms with Crippen molar-refractivity contribution in [2.24, 2.45) is 0 Å². The summed E-state index contributed by atoms with van der Waals surface area (Å²) < 4.78 is 36.2. The first-order valence-electron chi connectivity index (χ1n) is 14.9. The molecule has 0 radical (unpaired) electrons. The van der Waals surface area contributed by atoms with Crippen LogP contribution in [0.3, 0.4) is 0 Å². The average molecular weight is 657 g/mol. The maximum Gasteiger partial charge on any atom is 0.303 e. The van der Waals surface area contributed by atoms with Crippen molar-refractivity contribution in [1.82, 2.24) is 9.55 Å². The molecule has 5 unspecified atom stereocenters. The van der Waals surface area contributed by atoms with Gasteiger partial charge in [-0.3, -0.25) is 19.2 Å². The van der Waals surface area contributed by atoms with E-state index in [4.69, 9.17) is 33.4 Å². The number of hydrogen-bond acceptors (Lipinski definition) is 12. The Morgan fingerprint density at radius 1 is 0.826 bits per heavy atom. The summed E-state index contributed by atoms with van der Waals surface area (Å²) in [6.07, 6.45) is -4.78. The van der Waals surface area contributed by atoms with Gasteiger partial charge >= 0.3 is 23.9 Å². The predicted molar refractivity (Wildman–Crippen MR) is 168 cm³/mol. The van der Waals surface area contributed by atoms with Crippen molar-refractivity contribution in [1.29, 1.82) is 0 Å². The van der Waals surface area contributed by atoms with Gasteiger partial charge in [-0.1, -0.05) is 56.8 Å². The van der Waals surface area contributed by atoms with Crippen LogP contribution in [0.4, 0.5) is 0 Å². The Hall–Kier alpha value is -4.10. The summed E-state index contributed by atoms with van der Waals surface area (Å²) in [5.74, 6) is -1.92. The number of aromatic nitrogens is 2. The minimum absolute atomic E-state index is 0.0232. The first-order valence-corrected chi connectivity index (χ1v) is 15.8. The van der Waals surface area contributed by atoms with Crippen molar-refractivity contribution >= 4 is 46.7 Å². The number of carbonyl (C=O) groups excluding carboxylic acids is 4. The Morgan fingerprint density at radius 2 is 1.43 bits per heavy atom. The van der Waals surface area contributed by atoms with Crippen molar-refractivity contribution in [3.05, 3.63) is 54.1 Å². The van der Waals surface area contributed by atoms with Crippen molar-refractivity contribution in [2.45, 2.75) is 95.4 Å². The molecule has 0 saturated carbocycles. The molecule has 1 aliphatic heterocycles. The van der Waals surface area contributed by atoms with E-state index in [1.807, 2.05) is 53.1 Å². The molecule has 0 N–H and O–H groups in total. The van der Waals surface area contributed by atoms with Crippen LogP contribution in [-0.2, 0) is 54.8 Å². The molecular weight excluding hydrogens is 616 g/mol. The van der Waals surface area contributed by atoms with Crippen LogP contribution >= 0.6 is 11.8 Å². The Labute approximate surface area is 272 Å². The standard InChI is InChI=1S/C33H40N2O10S/c1-19(36)41-18-27-28(42-20(2)37)29(43-21(3)38)30(44-22(4)39)31(45-27)46-32-34-25-10-8-9-11-26(25)35(32)16-17-40-24-14-12-23(13-15-24)33(5,6)7/h8-15,27-31H,16-18H2,1-7H3. The van der Waals surface area contributed by atoms with Gasteiger partial charge in [0.2, 0.25) is 0 Å².